The zero-order valence-corrected chi connectivity index (χ0v) is 9.41. The second-order valence-corrected chi connectivity index (χ2v) is 5.43. The van der Waals surface area contributed by atoms with E-state index in [1.165, 1.54) is 19.3 Å². The van der Waals surface area contributed by atoms with Gasteiger partial charge in [0.15, 0.2) is 0 Å². The quantitative estimate of drug-likeness (QED) is 0.730. The van der Waals surface area contributed by atoms with Crippen molar-refractivity contribution < 1.29 is 4.79 Å². The third kappa shape index (κ3) is 1.57. The molecule has 3 rings (SSSR count). The number of carbonyl (C=O) groups excluding carboxylic acids is 1. The normalized spacial score (nSPS) is 36.7. The monoisotopic (exact) mass is 208 g/mol. The summed E-state index contributed by atoms with van der Waals surface area (Å²) in [6.45, 7) is 5.27. The van der Waals surface area contributed by atoms with Crippen LogP contribution in [0.25, 0.3) is 0 Å². The Morgan fingerprint density at radius 1 is 1.33 bits per heavy atom. The molecule has 1 saturated carbocycles. The summed E-state index contributed by atoms with van der Waals surface area (Å²) in [6.07, 6.45) is 3.75. The predicted molar refractivity (Wildman–Crippen MR) is 58.4 cm³/mol. The second kappa shape index (κ2) is 3.48. The van der Waals surface area contributed by atoms with Crippen LogP contribution in [0.1, 0.15) is 26.2 Å². The number of nitrogens with one attached hydrogen (secondary N) is 1. The molecule has 3 heteroatoms. The van der Waals surface area contributed by atoms with E-state index in [1.54, 1.807) is 0 Å². The van der Waals surface area contributed by atoms with Crippen LogP contribution in [0.4, 0.5) is 0 Å². The number of nitrogens with zero attached hydrogens (tertiary/aromatic N) is 1. The van der Waals surface area contributed by atoms with Crippen LogP contribution in [-0.2, 0) is 4.79 Å². The minimum absolute atomic E-state index is 0.282. The predicted octanol–water partition coefficient (Wildman–Crippen LogP) is 0.853. The van der Waals surface area contributed by atoms with Crippen molar-refractivity contribution in [2.75, 3.05) is 19.6 Å². The third-order valence-corrected chi connectivity index (χ3v) is 4.45. The fourth-order valence-corrected chi connectivity index (χ4v) is 3.18. The van der Waals surface area contributed by atoms with Gasteiger partial charge in [-0.25, -0.2) is 0 Å². The lowest BCUT2D eigenvalue weighted by Gasteiger charge is -2.26. The zero-order chi connectivity index (χ0) is 10.4. The lowest BCUT2D eigenvalue weighted by molar-refractivity contribution is -0.136. The van der Waals surface area contributed by atoms with E-state index < -0.39 is 0 Å². The zero-order valence-electron chi connectivity index (χ0n) is 9.41. The molecule has 0 radical (unpaired) electrons. The first-order valence-electron chi connectivity index (χ1n) is 6.28. The number of rotatable bonds is 2. The van der Waals surface area contributed by atoms with Crippen LogP contribution in [0.3, 0.4) is 0 Å². The number of hydrogen-bond donors (Lipinski definition) is 1. The van der Waals surface area contributed by atoms with Gasteiger partial charge < -0.3 is 10.2 Å². The summed E-state index contributed by atoms with van der Waals surface area (Å²) in [5, 5.41) is 3.40. The maximum atomic E-state index is 12.3. The van der Waals surface area contributed by atoms with Gasteiger partial charge in [0.2, 0.25) is 5.91 Å². The van der Waals surface area contributed by atoms with Crippen molar-refractivity contribution in [3.63, 3.8) is 0 Å². The molecule has 0 aromatic heterocycles. The number of carbonyl (C=O) groups is 1. The molecule has 2 saturated heterocycles. The number of likely N-dealkylation sites (tertiary alicyclic amines) is 1. The molecule has 0 aromatic rings. The Labute approximate surface area is 91.2 Å². The molecule has 0 spiro atoms. The molecule has 0 bridgehead atoms. The molecule has 1 N–H and O–H groups in total. The molecule has 3 fully saturated rings. The van der Waals surface area contributed by atoms with E-state index in [-0.39, 0.29) is 5.92 Å². The average molecular weight is 208 g/mol. The van der Waals surface area contributed by atoms with Crippen LogP contribution in [-0.4, -0.2) is 36.5 Å². The minimum Gasteiger partial charge on any atom is -0.338 e. The fraction of sp³-hybridized carbons (Fsp3) is 0.917. The summed E-state index contributed by atoms with van der Waals surface area (Å²) in [5.74, 6) is 2.14. The van der Waals surface area contributed by atoms with Gasteiger partial charge in [0, 0.05) is 31.6 Å². The molecular weight excluding hydrogens is 188 g/mol. The molecule has 1 unspecified atom stereocenters. The lowest BCUT2D eigenvalue weighted by atomic mass is 10.0. The SMILES string of the molecule is CC(C(=O)N1CC[C@H]2CNC[C@H]21)C1CC1. The van der Waals surface area contributed by atoms with Gasteiger partial charge in [-0.3, -0.25) is 4.79 Å². The molecule has 2 heterocycles. The van der Waals surface area contributed by atoms with E-state index in [9.17, 15) is 4.79 Å². The van der Waals surface area contributed by atoms with Crippen molar-refractivity contribution in [3.05, 3.63) is 0 Å². The molecule has 2 aliphatic heterocycles. The maximum Gasteiger partial charge on any atom is 0.225 e. The van der Waals surface area contributed by atoms with Crippen LogP contribution in [0.5, 0.6) is 0 Å². The Bertz CT molecular complexity index is 275. The standard InChI is InChI=1S/C12H20N2O/c1-8(9-2-3-9)12(15)14-5-4-10-6-13-7-11(10)14/h8-11,13H,2-7H2,1H3/t8?,10-,11+/m0/s1. The van der Waals surface area contributed by atoms with Gasteiger partial charge in [0.25, 0.3) is 0 Å². The summed E-state index contributed by atoms with van der Waals surface area (Å²) in [4.78, 5) is 14.4. The highest BCUT2D eigenvalue weighted by Gasteiger charge is 2.43. The van der Waals surface area contributed by atoms with Crippen molar-refractivity contribution in [2.45, 2.75) is 32.2 Å². The molecule has 3 atom stereocenters. The third-order valence-electron chi connectivity index (χ3n) is 4.45. The van der Waals surface area contributed by atoms with Crippen LogP contribution < -0.4 is 5.32 Å². The van der Waals surface area contributed by atoms with E-state index >= 15 is 0 Å². The van der Waals surface area contributed by atoms with Crippen molar-refractivity contribution in [1.29, 1.82) is 0 Å². The van der Waals surface area contributed by atoms with Crippen LogP contribution in [0, 0.1) is 17.8 Å². The fourth-order valence-electron chi connectivity index (χ4n) is 3.18. The van der Waals surface area contributed by atoms with E-state index in [0.29, 0.717) is 17.9 Å². The van der Waals surface area contributed by atoms with Gasteiger partial charge in [0.05, 0.1) is 0 Å². The first kappa shape index (κ1) is 9.64. The van der Waals surface area contributed by atoms with Crippen LogP contribution >= 0.6 is 0 Å². The summed E-state index contributed by atoms with van der Waals surface area (Å²) in [7, 11) is 0. The van der Waals surface area contributed by atoms with Gasteiger partial charge >= 0.3 is 0 Å². The highest BCUT2D eigenvalue weighted by molar-refractivity contribution is 5.80. The van der Waals surface area contributed by atoms with Gasteiger partial charge in [-0.05, 0) is 31.1 Å². The van der Waals surface area contributed by atoms with E-state index in [4.69, 9.17) is 0 Å². The maximum absolute atomic E-state index is 12.3. The smallest absolute Gasteiger partial charge is 0.225 e. The summed E-state index contributed by atoms with van der Waals surface area (Å²) >= 11 is 0. The highest BCUT2D eigenvalue weighted by atomic mass is 16.2. The molecule has 84 valence electrons. The molecular formula is C12H20N2O. The van der Waals surface area contributed by atoms with Crippen molar-refractivity contribution >= 4 is 5.91 Å². The molecule has 3 nitrogen and oxygen atoms in total. The molecule has 1 aliphatic carbocycles. The molecule has 0 aromatic carbocycles. The van der Waals surface area contributed by atoms with Gasteiger partial charge in [-0.15, -0.1) is 0 Å². The second-order valence-electron chi connectivity index (χ2n) is 5.43. The Hall–Kier alpha value is -0.570. The topological polar surface area (TPSA) is 32.3 Å². The Morgan fingerprint density at radius 2 is 2.13 bits per heavy atom. The van der Waals surface area contributed by atoms with Crippen molar-refractivity contribution in [3.8, 4) is 0 Å². The van der Waals surface area contributed by atoms with Crippen molar-refractivity contribution in [2.24, 2.45) is 17.8 Å². The first-order chi connectivity index (χ1) is 7.27. The van der Waals surface area contributed by atoms with Gasteiger partial charge in [0.1, 0.15) is 0 Å². The number of hydrogen-bond acceptors (Lipinski definition) is 2. The molecule has 1 amide bonds. The van der Waals surface area contributed by atoms with Gasteiger partial charge in [-0.1, -0.05) is 6.92 Å². The highest BCUT2D eigenvalue weighted by Crippen LogP contribution is 2.39. The van der Waals surface area contributed by atoms with Gasteiger partial charge in [-0.2, -0.15) is 0 Å². The summed E-state index contributed by atoms with van der Waals surface area (Å²) in [5.41, 5.74) is 0. The van der Waals surface area contributed by atoms with E-state index in [0.717, 1.165) is 25.6 Å². The summed E-state index contributed by atoms with van der Waals surface area (Å²) < 4.78 is 0. The minimum atomic E-state index is 0.282. The number of fused-ring (bicyclic) bond motifs is 1. The van der Waals surface area contributed by atoms with Crippen LogP contribution in [0.2, 0.25) is 0 Å². The molecule has 3 aliphatic rings. The Kier molecular flexibility index (Phi) is 2.23. The number of amides is 1. The Morgan fingerprint density at radius 3 is 2.87 bits per heavy atom. The first-order valence-corrected chi connectivity index (χ1v) is 6.28. The largest absolute Gasteiger partial charge is 0.338 e. The average Bonchev–Trinajstić information content (AvgIpc) is 2.84. The summed E-state index contributed by atoms with van der Waals surface area (Å²) in [6, 6.07) is 0.513. The molecule has 15 heavy (non-hydrogen) atoms. The van der Waals surface area contributed by atoms with E-state index in [2.05, 4.69) is 17.1 Å². The van der Waals surface area contributed by atoms with E-state index in [1.807, 2.05) is 0 Å². The van der Waals surface area contributed by atoms with Crippen molar-refractivity contribution in [1.82, 2.24) is 10.2 Å². The lowest BCUT2D eigenvalue weighted by Crippen LogP contribution is -2.42. The Balaban J connectivity index is 1.68. The van der Waals surface area contributed by atoms with Crippen LogP contribution in [0.15, 0.2) is 0 Å².